The second kappa shape index (κ2) is 12.1. The fraction of sp³-hybridized carbons (Fsp3) is 0.481. The predicted molar refractivity (Wildman–Crippen MR) is 155 cm³/mol. The fourth-order valence-electron chi connectivity index (χ4n) is 5.86. The summed E-state index contributed by atoms with van der Waals surface area (Å²) in [6.07, 6.45) is 6.43. The van der Waals surface area contributed by atoms with E-state index in [2.05, 4.69) is 12.4 Å². The molecular weight excluding hydrogens is 564 g/mol. The first-order valence-corrected chi connectivity index (χ1v) is 16.5. The smallest absolute Gasteiger partial charge is 0.304 e. The molecule has 2 aromatic rings. The lowest BCUT2D eigenvalue weighted by Crippen LogP contribution is -2.54. The summed E-state index contributed by atoms with van der Waals surface area (Å²) in [6, 6.07) is 18.2. The minimum Gasteiger partial charge on any atom is -0.309 e. The zero-order valence-electron chi connectivity index (χ0n) is 22.7. The van der Waals surface area contributed by atoms with Crippen LogP contribution in [0.3, 0.4) is 0 Å². The Balaban J connectivity index is 0.000000165. The molecule has 0 amide bonds. The van der Waals surface area contributed by atoms with Crippen molar-refractivity contribution in [3.63, 3.8) is 0 Å². The number of hydrogen-bond donors (Lipinski definition) is 0. The van der Waals surface area contributed by atoms with E-state index in [4.69, 9.17) is 10.5 Å². The monoisotopic (exact) mass is 598 g/mol. The van der Waals surface area contributed by atoms with Crippen molar-refractivity contribution in [3.05, 3.63) is 60.7 Å². The van der Waals surface area contributed by atoms with Crippen molar-refractivity contribution in [1.29, 1.82) is 10.5 Å². The maximum Gasteiger partial charge on any atom is 0.304 e. The van der Waals surface area contributed by atoms with Crippen molar-refractivity contribution >= 4 is 31.8 Å². The van der Waals surface area contributed by atoms with Gasteiger partial charge in [-0.05, 0) is 43.5 Å². The summed E-state index contributed by atoms with van der Waals surface area (Å²) < 4.78 is 57.0. The molecule has 41 heavy (non-hydrogen) atoms. The van der Waals surface area contributed by atoms with E-state index in [1.54, 1.807) is 26.2 Å². The lowest BCUT2D eigenvalue weighted by atomic mass is 10.2. The Bertz CT molecular complexity index is 1500. The molecule has 0 saturated carbocycles. The second-order valence-electron chi connectivity index (χ2n) is 10.4. The first-order valence-electron chi connectivity index (χ1n) is 13.7. The van der Waals surface area contributed by atoms with E-state index in [1.807, 2.05) is 48.5 Å². The molecule has 0 aromatic heterocycles. The lowest BCUT2D eigenvalue weighted by molar-refractivity contribution is 0.305. The summed E-state index contributed by atoms with van der Waals surface area (Å²) in [5, 5.41) is 17.8. The molecule has 12 nitrogen and oxygen atoms in total. The molecular formula is C27H34N8O4S2. The molecule has 14 heteroatoms. The maximum absolute atomic E-state index is 12.8. The number of nitriles is 2. The van der Waals surface area contributed by atoms with Gasteiger partial charge >= 0.3 is 20.4 Å². The Kier molecular flexibility index (Phi) is 8.56. The van der Waals surface area contributed by atoms with Crippen LogP contribution in [-0.4, -0.2) is 99.7 Å². The van der Waals surface area contributed by atoms with Crippen LogP contribution >= 0.6 is 0 Å². The minimum absolute atomic E-state index is 0.0895. The van der Waals surface area contributed by atoms with Crippen LogP contribution < -0.4 is 8.61 Å². The van der Waals surface area contributed by atoms with Gasteiger partial charge in [-0.25, -0.2) is 0 Å². The highest BCUT2D eigenvalue weighted by atomic mass is 32.2. The van der Waals surface area contributed by atoms with E-state index >= 15 is 0 Å². The first-order chi connectivity index (χ1) is 19.8. The number of anilines is 2. The van der Waals surface area contributed by atoms with E-state index in [1.165, 1.54) is 12.9 Å². The fourth-order valence-corrected chi connectivity index (χ4v) is 9.59. The van der Waals surface area contributed by atoms with Crippen LogP contribution in [0.15, 0.2) is 60.7 Å². The third-order valence-corrected chi connectivity index (χ3v) is 12.0. The van der Waals surface area contributed by atoms with Crippen LogP contribution in [0.1, 0.15) is 19.3 Å². The summed E-state index contributed by atoms with van der Waals surface area (Å²) in [5.74, 6) is 0. The van der Waals surface area contributed by atoms with Gasteiger partial charge < -0.3 is 9.80 Å². The van der Waals surface area contributed by atoms with E-state index < -0.39 is 20.4 Å². The highest BCUT2D eigenvalue weighted by molar-refractivity contribution is 7.91. The molecule has 0 bridgehead atoms. The van der Waals surface area contributed by atoms with Crippen molar-refractivity contribution in [1.82, 2.24) is 18.4 Å². The summed E-state index contributed by atoms with van der Waals surface area (Å²) >= 11 is 0. The maximum atomic E-state index is 12.8. The molecule has 0 N–H and O–H groups in total. The minimum atomic E-state index is -3.50. The van der Waals surface area contributed by atoms with E-state index in [9.17, 15) is 16.8 Å². The van der Waals surface area contributed by atoms with E-state index in [0.29, 0.717) is 63.7 Å². The Morgan fingerprint density at radius 1 is 0.585 bits per heavy atom. The van der Waals surface area contributed by atoms with Gasteiger partial charge in [-0.3, -0.25) is 8.61 Å². The van der Waals surface area contributed by atoms with Crippen LogP contribution in [0.25, 0.3) is 0 Å². The van der Waals surface area contributed by atoms with Crippen LogP contribution in [0, 0.1) is 22.9 Å². The molecule has 4 heterocycles. The van der Waals surface area contributed by atoms with Crippen molar-refractivity contribution in [3.8, 4) is 12.4 Å². The van der Waals surface area contributed by atoms with Gasteiger partial charge in [0.15, 0.2) is 12.4 Å². The third-order valence-electron chi connectivity index (χ3n) is 7.93. The largest absolute Gasteiger partial charge is 0.309 e. The Hall–Kier alpha value is -3.56. The topological polar surface area (TPSA) is 135 Å². The van der Waals surface area contributed by atoms with Crippen molar-refractivity contribution < 1.29 is 16.8 Å². The molecule has 2 aromatic carbocycles. The highest BCUT2D eigenvalue weighted by Crippen LogP contribution is 2.30. The average molecular weight is 599 g/mol. The van der Waals surface area contributed by atoms with Gasteiger partial charge in [-0.2, -0.15) is 36.0 Å². The molecule has 2 unspecified atom stereocenters. The summed E-state index contributed by atoms with van der Waals surface area (Å²) in [4.78, 5) is 3.24. The molecule has 4 saturated heterocycles. The molecule has 0 aliphatic carbocycles. The zero-order valence-corrected chi connectivity index (χ0v) is 24.4. The Morgan fingerprint density at radius 2 is 1.02 bits per heavy atom. The molecule has 0 radical (unpaired) electrons. The van der Waals surface area contributed by atoms with Gasteiger partial charge in [-0.15, -0.1) is 0 Å². The molecule has 6 rings (SSSR count). The Morgan fingerprint density at radius 3 is 1.46 bits per heavy atom. The SMILES string of the molecule is N#CN1CCC(N2CCCN(c3ccccc3)S2(=O)=O)C1.N#CN1CCC(N2CCN(c3ccccc3)S2(=O)=O)C1. The lowest BCUT2D eigenvalue weighted by Gasteiger charge is -2.38. The predicted octanol–water partition coefficient (Wildman–Crippen LogP) is 1.61. The summed E-state index contributed by atoms with van der Waals surface area (Å²) in [7, 11) is -6.97. The highest BCUT2D eigenvalue weighted by Gasteiger charge is 2.43. The molecule has 2 atom stereocenters. The second-order valence-corrected chi connectivity index (χ2v) is 14.0. The van der Waals surface area contributed by atoms with Gasteiger partial charge in [0.25, 0.3) is 0 Å². The van der Waals surface area contributed by atoms with Crippen LogP contribution in [-0.2, 0) is 20.4 Å². The molecule has 4 aliphatic heterocycles. The van der Waals surface area contributed by atoms with E-state index in [0.717, 1.165) is 19.3 Å². The quantitative estimate of drug-likeness (QED) is 0.485. The number of para-hydroxylation sites is 2. The number of hydrogen-bond acceptors (Lipinski definition) is 8. The third kappa shape index (κ3) is 5.92. The average Bonchev–Trinajstić information content (AvgIpc) is 3.72. The summed E-state index contributed by atoms with van der Waals surface area (Å²) in [5.41, 5.74) is 1.41. The summed E-state index contributed by atoms with van der Waals surface area (Å²) in [6.45, 7) is 4.28. The Labute approximate surface area is 242 Å². The number of rotatable bonds is 4. The van der Waals surface area contributed by atoms with Crippen LogP contribution in [0.5, 0.6) is 0 Å². The first kappa shape index (κ1) is 29.0. The van der Waals surface area contributed by atoms with E-state index in [-0.39, 0.29) is 12.1 Å². The molecule has 0 spiro atoms. The van der Waals surface area contributed by atoms with Gasteiger partial charge in [0, 0.05) is 64.4 Å². The zero-order chi connectivity index (χ0) is 29.0. The van der Waals surface area contributed by atoms with Crippen molar-refractivity contribution in [2.45, 2.75) is 31.3 Å². The van der Waals surface area contributed by atoms with Crippen LogP contribution in [0.4, 0.5) is 11.4 Å². The standard InChI is InChI=1S/C14H18N4O2S.C13H16N4O2S/c15-12-16-10-7-14(11-16)18-9-4-8-17(21(18,19)20)13-5-2-1-3-6-13;14-11-15-7-6-13(10-15)17-9-8-16(20(17,18)19)12-4-2-1-3-5-12/h1-3,5-6,14H,4,7-11H2;1-5,13H,6-10H2. The van der Waals surface area contributed by atoms with Crippen molar-refractivity contribution in [2.75, 3.05) is 61.0 Å². The van der Waals surface area contributed by atoms with Gasteiger partial charge in [-0.1, -0.05) is 36.4 Å². The number of likely N-dealkylation sites (tertiary alicyclic amines) is 2. The van der Waals surface area contributed by atoms with Crippen LogP contribution in [0.2, 0.25) is 0 Å². The van der Waals surface area contributed by atoms with Gasteiger partial charge in [0.1, 0.15) is 0 Å². The molecule has 218 valence electrons. The van der Waals surface area contributed by atoms with Crippen molar-refractivity contribution in [2.24, 2.45) is 0 Å². The number of benzene rings is 2. The van der Waals surface area contributed by atoms with Gasteiger partial charge in [0.2, 0.25) is 0 Å². The van der Waals surface area contributed by atoms with Gasteiger partial charge in [0.05, 0.1) is 11.4 Å². The molecule has 4 aliphatic rings. The molecule has 4 fully saturated rings. The normalized spacial score (nSPS) is 25.8. The number of nitrogens with zero attached hydrogens (tertiary/aromatic N) is 8.